The Balaban J connectivity index is 2.93. The number of halogens is 9. The van der Waals surface area contributed by atoms with Crippen LogP contribution in [0.5, 0.6) is 0 Å². The van der Waals surface area contributed by atoms with Crippen LogP contribution in [0.2, 0.25) is 0 Å². The molecule has 0 aliphatic rings. The molecule has 0 nitrogen and oxygen atoms in total. The minimum absolute atomic E-state index is 0.0311. The Kier molecular flexibility index (Phi) is 3.96. The summed E-state index contributed by atoms with van der Waals surface area (Å²) in [6, 6.07) is 0. The van der Waals surface area contributed by atoms with Crippen molar-refractivity contribution in [2.75, 3.05) is 0 Å². The van der Waals surface area contributed by atoms with Crippen LogP contribution in [0, 0.1) is 51.9 Å². The molecule has 0 radical (unpaired) electrons. The van der Waals surface area contributed by atoms with Gasteiger partial charge in [0.25, 0.3) is 0 Å². The first-order valence-corrected chi connectivity index (χ1v) is 6.61. The van der Waals surface area contributed by atoms with Gasteiger partial charge in [-0.3, -0.25) is 0 Å². The van der Waals surface area contributed by atoms with Gasteiger partial charge >= 0.3 is 111 Å². The van der Waals surface area contributed by atoms with E-state index in [1.165, 1.54) is 0 Å². The van der Waals surface area contributed by atoms with Gasteiger partial charge in [-0.15, -0.1) is 0 Å². The molecule has 0 saturated heterocycles. The molecule has 0 bridgehead atoms. The van der Waals surface area contributed by atoms with Crippen LogP contribution in [0.4, 0.5) is 39.5 Å². The molecule has 21 heavy (non-hydrogen) atoms. The summed E-state index contributed by atoms with van der Waals surface area (Å²) in [5.74, 6) is -16.7. The molecular weight excluding hydrogens is 330 g/mol. The van der Waals surface area contributed by atoms with Crippen LogP contribution in [0.1, 0.15) is 0 Å². The summed E-state index contributed by atoms with van der Waals surface area (Å²) in [6.07, 6.45) is 0. The third-order valence-electron chi connectivity index (χ3n) is 2.58. The van der Waals surface area contributed by atoms with Crippen molar-refractivity contribution in [2.45, 2.75) is 0 Å². The molecule has 0 unspecified atom stereocenters. The zero-order chi connectivity index (χ0) is 16.1. The average molecular weight is 330 g/mol. The quantitative estimate of drug-likeness (QED) is 0.326. The Hall–Kier alpha value is -1.65. The molecular formula is C10BF9Si. The molecule has 0 aliphatic heterocycles. The van der Waals surface area contributed by atoms with Crippen LogP contribution in [0.25, 0.3) is 5.19 Å². The first-order valence-electron chi connectivity index (χ1n) is 5.03. The molecule has 0 aliphatic carbocycles. The van der Waals surface area contributed by atoms with E-state index in [9.17, 15) is 39.5 Å². The second kappa shape index (κ2) is 5.28. The molecule has 11 heteroatoms. The summed E-state index contributed by atoms with van der Waals surface area (Å²) in [7, 11) is -3.81. The van der Waals surface area contributed by atoms with Crippen LogP contribution < -0.4 is 0 Å². The molecule has 1 aromatic heterocycles. The van der Waals surface area contributed by atoms with E-state index < -0.39 is 65.3 Å². The van der Waals surface area contributed by atoms with Crippen molar-refractivity contribution in [1.82, 2.24) is 0 Å². The standard InChI is InChI=1S/C10BF9Si/c12-1-2(13)4(15)8(5(16)3(1)14)21-10(20)7(18)6(17)9(19)11-21. The fourth-order valence-electron chi connectivity index (χ4n) is 1.60. The average Bonchev–Trinajstić information content (AvgIpc) is 2.46. The van der Waals surface area contributed by atoms with E-state index in [4.69, 9.17) is 0 Å². The summed E-state index contributed by atoms with van der Waals surface area (Å²) in [5, 5.41) is -1.72. The summed E-state index contributed by atoms with van der Waals surface area (Å²) in [6.45, 7) is -0.0311. The molecule has 0 N–H and O–H groups in total. The Morgan fingerprint density at radius 3 is 1.43 bits per heavy atom. The molecule has 1 aromatic carbocycles. The van der Waals surface area contributed by atoms with Crippen LogP contribution in [0.3, 0.4) is 0 Å². The third-order valence-corrected chi connectivity index (χ3v) is 4.79. The molecule has 2 rings (SSSR count). The molecule has 1 heterocycles. The van der Waals surface area contributed by atoms with E-state index in [0.29, 0.717) is 0 Å². The van der Waals surface area contributed by atoms with Crippen molar-refractivity contribution < 1.29 is 39.5 Å². The van der Waals surface area contributed by atoms with Crippen LogP contribution in [0.15, 0.2) is 0 Å². The van der Waals surface area contributed by atoms with Crippen molar-refractivity contribution in [2.24, 2.45) is 0 Å². The van der Waals surface area contributed by atoms with Gasteiger partial charge in [0.15, 0.2) is 0 Å². The van der Waals surface area contributed by atoms with Gasteiger partial charge in [0.05, 0.1) is 0 Å². The fourth-order valence-corrected chi connectivity index (χ4v) is 3.51. The van der Waals surface area contributed by atoms with Gasteiger partial charge < -0.3 is 0 Å². The molecule has 0 spiro atoms. The fraction of sp³-hybridized carbons (Fsp3) is 0. The van der Waals surface area contributed by atoms with Gasteiger partial charge in [-0.05, 0) is 0 Å². The Morgan fingerprint density at radius 2 is 0.952 bits per heavy atom. The normalized spacial score (nSPS) is 10.9. The van der Waals surface area contributed by atoms with Crippen molar-refractivity contribution >= 4 is 14.8 Å². The van der Waals surface area contributed by atoms with E-state index >= 15 is 0 Å². The SMILES string of the molecule is Fc1b[si](-c2c(F)c(F)c(F)c(F)c2F)c(F)c(F)c1F. The predicted octanol–water partition coefficient (Wildman–Crippen LogP) is 3.29. The van der Waals surface area contributed by atoms with Gasteiger partial charge in [-0.2, -0.15) is 0 Å². The van der Waals surface area contributed by atoms with Gasteiger partial charge in [0.1, 0.15) is 0 Å². The third kappa shape index (κ3) is 2.28. The van der Waals surface area contributed by atoms with E-state index in [-0.39, 0.29) is 6.49 Å². The number of benzene rings is 1. The van der Waals surface area contributed by atoms with E-state index in [1.807, 2.05) is 0 Å². The van der Waals surface area contributed by atoms with Crippen LogP contribution >= 0.6 is 0 Å². The monoisotopic (exact) mass is 330 g/mol. The second-order valence-electron chi connectivity index (χ2n) is 3.79. The Bertz CT molecular complexity index is 732. The molecule has 110 valence electrons. The molecule has 0 amide bonds. The van der Waals surface area contributed by atoms with E-state index in [2.05, 4.69) is 0 Å². The van der Waals surface area contributed by atoms with Crippen molar-refractivity contribution in [1.29, 1.82) is 0 Å². The molecule has 0 saturated carbocycles. The first kappa shape index (κ1) is 15.7. The summed E-state index contributed by atoms with van der Waals surface area (Å²) >= 11 is 0. The molecule has 2 aromatic rings. The van der Waals surface area contributed by atoms with Gasteiger partial charge in [0, 0.05) is 0 Å². The Labute approximate surface area is 112 Å². The van der Waals surface area contributed by atoms with Gasteiger partial charge in [0.2, 0.25) is 0 Å². The number of rotatable bonds is 1. The van der Waals surface area contributed by atoms with Crippen LogP contribution in [-0.4, -0.2) is 14.8 Å². The van der Waals surface area contributed by atoms with Crippen molar-refractivity contribution in [3.8, 4) is 5.19 Å². The summed E-state index contributed by atoms with van der Waals surface area (Å²) in [5.41, 5.74) is -4.09. The number of hydrogen-bond donors (Lipinski definition) is 0. The zero-order valence-corrected chi connectivity index (χ0v) is 10.5. The topological polar surface area (TPSA) is 0 Å². The van der Waals surface area contributed by atoms with Gasteiger partial charge in [-0.25, -0.2) is 0 Å². The zero-order valence-electron chi connectivity index (χ0n) is 9.48. The van der Waals surface area contributed by atoms with Crippen molar-refractivity contribution in [3.05, 3.63) is 51.9 Å². The van der Waals surface area contributed by atoms with Crippen molar-refractivity contribution in [3.63, 3.8) is 0 Å². The minimum atomic E-state index is -3.81. The molecule has 0 atom stereocenters. The van der Waals surface area contributed by atoms with E-state index in [1.54, 1.807) is 0 Å². The maximum absolute atomic E-state index is 13.5. The molecule has 0 fully saturated rings. The van der Waals surface area contributed by atoms with Crippen LogP contribution in [-0.2, 0) is 0 Å². The predicted molar refractivity (Wildman–Crippen MR) is 54.7 cm³/mol. The maximum atomic E-state index is 13.5. The summed E-state index contributed by atoms with van der Waals surface area (Å²) in [4.78, 5) is 0. The first-order chi connectivity index (χ1) is 9.68. The van der Waals surface area contributed by atoms with Gasteiger partial charge in [-0.1, -0.05) is 0 Å². The second-order valence-corrected chi connectivity index (χ2v) is 5.85. The number of hydrogen-bond acceptors (Lipinski definition) is 0. The van der Waals surface area contributed by atoms with E-state index in [0.717, 1.165) is 0 Å². The Morgan fingerprint density at radius 1 is 0.524 bits per heavy atom. The summed E-state index contributed by atoms with van der Waals surface area (Å²) < 4.78 is 118.